The predicted molar refractivity (Wildman–Crippen MR) is 84.2 cm³/mol. The normalized spacial score (nSPS) is 10.0. The highest BCUT2D eigenvalue weighted by Gasteiger charge is 2.18. The highest BCUT2D eigenvalue weighted by Crippen LogP contribution is 2.26. The van der Waals surface area contributed by atoms with Crippen molar-refractivity contribution < 1.29 is 19.1 Å². The topological polar surface area (TPSA) is 84.5 Å². The first kappa shape index (κ1) is 15.7. The fourth-order valence-corrected chi connectivity index (χ4v) is 3.46. The van der Waals surface area contributed by atoms with E-state index < -0.39 is 12.0 Å². The Morgan fingerprint density at radius 2 is 1.95 bits per heavy atom. The molecule has 21 heavy (non-hydrogen) atoms. The molecule has 0 unspecified atom stereocenters. The second-order valence-electron chi connectivity index (χ2n) is 3.67. The van der Waals surface area contributed by atoms with Crippen LogP contribution in [0, 0.1) is 0 Å². The largest absolute Gasteiger partial charge is 0.453 e. The fraction of sp³-hybridized carbons (Fsp3) is 0.0833. The molecule has 9 heteroatoms. The monoisotopic (exact) mass is 388 g/mol. The first-order chi connectivity index (χ1) is 10.0. The van der Waals surface area contributed by atoms with Gasteiger partial charge in [0.05, 0.1) is 21.3 Å². The Kier molecular flexibility index (Phi) is 5.10. The van der Waals surface area contributed by atoms with Crippen molar-refractivity contribution in [2.45, 2.75) is 0 Å². The Balaban J connectivity index is 2.11. The Hall–Kier alpha value is -1.71. The van der Waals surface area contributed by atoms with Crippen molar-refractivity contribution in [3.8, 4) is 0 Å². The second kappa shape index (κ2) is 6.83. The summed E-state index contributed by atoms with van der Waals surface area (Å²) in [6, 6.07) is 4.95. The molecule has 0 saturated carbocycles. The molecule has 2 rings (SSSR count). The number of alkyl carbamates (subject to hydrolysis) is 1. The van der Waals surface area contributed by atoms with Gasteiger partial charge in [0.2, 0.25) is 0 Å². The summed E-state index contributed by atoms with van der Waals surface area (Å²) in [4.78, 5) is 35.4. The molecule has 0 aliphatic heterocycles. The zero-order valence-electron chi connectivity index (χ0n) is 10.6. The van der Waals surface area contributed by atoms with Crippen molar-refractivity contribution in [3.05, 3.63) is 37.8 Å². The number of halogens is 1. The maximum atomic E-state index is 12.0. The third-order valence-electron chi connectivity index (χ3n) is 2.33. The van der Waals surface area contributed by atoms with Crippen LogP contribution in [0.1, 0.15) is 20.0 Å². The molecule has 3 amide bonds. The van der Waals surface area contributed by atoms with Gasteiger partial charge < -0.3 is 10.1 Å². The molecule has 0 aliphatic rings. The number of imide groups is 1. The minimum Gasteiger partial charge on any atom is -0.453 e. The lowest BCUT2D eigenvalue weighted by atomic mass is 10.3. The van der Waals surface area contributed by atoms with Crippen LogP contribution in [0.4, 0.5) is 9.80 Å². The first-order valence-corrected chi connectivity index (χ1v) is 8.03. The van der Waals surface area contributed by atoms with Crippen LogP contribution in [0.3, 0.4) is 0 Å². The van der Waals surface area contributed by atoms with Gasteiger partial charge in [0.15, 0.2) is 0 Å². The lowest BCUT2D eigenvalue weighted by molar-refractivity contribution is 0.0938. The summed E-state index contributed by atoms with van der Waals surface area (Å²) in [5.41, 5.74) is 0.203. The zero-order valence-corrected chi connectivity index (χ0v) is 13.9. The van der Waals surface area contributed by atoms with E-state index in [1.54, 1.807) is 17.5 Å². The molecule has 2 aromatic heterocycles. The van der Waals surface area contributed by atoms with Gasteiger partial charge in [0, 0.05) is 0 Å². The van der Waals surface area contributed by atoms with E-state index in [4.69, 9.17) is 0 Å². The van der Waals surface area contributed by atoms with E-state index in [9.17, 15) is 14.4 Å². The number of nitrogens with one attached hydrogen (secondary N) is 2. The number of methoxy groups -OCH3 is 1. The Labute approximate surface area is 136 Å². The van der Waals surface area contributed by atoms with Crippen LogP contribution in [-0.4, -0.2) is 25.0 Å². The zero-order chi connectivity index (χ0) is 15.4. The maximum Gasteiger partial charge on any atom is 0.413 e. The Morgan fingerprint density at radius 1 is 1.19 bits per heavy atom. The molecular weight excluding hydrogens is 380 g/mol. The summed E-state index contributed by atoms with van der Waals surface area (Å²) in [5.74, 6) is -0.953. The molecular formula is C12H9BrN2O4S2. The van der Waals surface area contributed by atoms with Gasteiger partial charge in [-0.25, -0.2) is 4.79 Å². The average molecular weight is 389 g/mol. The van der Waals surface area contributed by atoms with Crippen molar-refractivity contribution in [2.24, 2.45) is 0 Å². The first-order valence-electron chi connectivity index (χ1n) is 5.54. The highest BCUT2D eigenvalue weighted by molar-refractivity contribution is 9.11. The third kappa shape index (κ3) is 3.90. The number of amides is 3. The molecule has 2 aromatic rings. The number of rotatable bonds is 3. The summed E-state index contributed by atoms with van der Waals surface area (Å²) < 4.78 is 5.19. The number of anilines is 1. The van der Waals surface area contributed by atoms with E-state index in [0.29, 0.717) is 9.88 Å². The third-order valence-corrected chi connectivity index (χ3v) is 4.79. The summed E-state index contributed by atoms with van der Waals surface area (Å²) in [7, 11) is 1.16. The van der Waals surface area contributed by atoms with Gasteiger partial charge in [-0.15, -0.1) is 22.7 Å². The SMILES string of the molecule is COC(=O)NC(=O)c1ccsc1NC(=O)c1ccc(Br)s1. The molecule has 0 saturated heterocycles. The molecule has 2 N–H and O–H groups in total. The summed E-state index contributed by atoms with van der Waals surface area (Å²) >= 11 is 5.75. The number of carbonyl (C=O) groups excluding carboxylic acids is 3. The van der Waals surface area contributed by atoms with Crippen molar-refractivity contribution in [2.75, 3.05) is 12.4 Å². The van der Waals surface area contributed by atoms with Crippen LogP contribution in [0.2, 0.25) is 0 Å². The standard InChI is InChI=1S/C12H9BrN2O4S2/c1-19-12(18)15-9(16)6-4-5-20-11(6)14-10(17)7-2-3-8(13)21-7/h2-5H,1H3,(H,14,17)(H,15,16,18). The summed E-state index contributed by atoms with van der Waals surface area (Å²) in [5, 5.41) is 6.70. The minimum atomic E-state index is -0.856. The van der Waals surface area contributed by atoms with Crippen LogP contribution >= 0.6 is 38.6 Å². The molecule has 0 radical (unpaired) electrons. The van der Waals surface area contributed by atoms with Gasteiger partial charge >= 0.3 is 6.09 Å². The molecule has 6 nitrogen and oxygen atoms in total. The second-order valence-corrected chi connectivity index (χ2v) is 7.05. The van der Waals surface area contributed by atoms with E-state index >= 15 is 0 Å². The van der Waals surface area contributed by atoms with Crippen molar-refractivity contribution >= 4 is 61.5 Å². The minimum absolute atomic E-state index is 0.203. The van der Waals surface area contributed by atoms with Gasteiger partial charge in [-0.1, -0.05) is 0 Å². The Bertz CT molecular complexity index is 695. The van der Waals surface area contributed by atoms with Gasteiger partial charge in [-0.2, -0.15) is 0 Å². The molecule has 0 aliphatic carbocycles. The number of ether oxygens (including phenoxy) is 1. The van der Waals surface area contributed by atoms with Crippen LogP contribution in [0.5, 0.6) is 0 Å². The maximum absolute atomic E-state index is 12.0. The quantitative estimate of drug-likeness (QED) is 0.844. The van der Waals surface area contributed by atoms with E-state index in [-0.39, 0.29) is 11.5 Å². The van der Waals surface area contributed by atoms with Gasteiger partial charge in [-0.3, -0.25) is 14.9 Å². The smallest absolute Gasteiger partial charge is 0.413 e. The molecule has 0 atom stereocenters. The van der Waals surface area contributed by atoms with E-state index in [2.05, 4.69) is 26.0 Å². The average Bonchev–Trinajstić information content (AvgIpc) is 3.07. The number of hydrogen-bond donors (Lipinski definition) is 2. The van der Waals surface area contributed by atoms with Crippen LogP contribution < -0.4 is 10.6 Å². The molecule has 0 spiro atoms. The number of hydrogen-bond acceptors (Lipinski definition) is 6. The van der Waals surface area contributed by atoms with Gasteiger partial charge in [0.25, 0.3) is 11.8 Å². The molecule has 0 bridgehead atoms. The summed E-state index contributed by atoms with van der Waals surface area (Å²) in [6.07, 6.45) is -0.856. The molecule has 0 aromatic carbocycles. The van der Waals surface area contributed by atoms with Crippen LogP contribution in [0.25, 0.3) is 0 Å². The molecule has 110 valence electrons. The molecule has 2 heterocycles. The lowest BCUT2D eigenvalue weighted by Crippen LogP contribution is -2.30. The van der Waals surface area contributed by atoms with Crippen molar-refractivity contribution in [1.82, 2.24) is 5.32 Å². The van der Waals surface area contributed by atoms with Crippen LogP contribution in [0.15, 0.2) is 27.4 Å². The highest BCUT2D eigenvalue weighted by atomic mass is 79.9. The van der Waals surface area contributed by atoms with E-state index in [0.717, 1.165) is 10.9 Å². The number of carbonyl (C=O) groups is 3. The fourth-order valence-electron chi connectivity index (χ4n) is 1.40. The van der Waals surface area contributed by atoms with Crippen molar-refractivity contribution in [1.29, 1.82) is 0 Å². The molecule has 0 fully saturated rings. The Morgan fingerprint density at radius 3 is 2.57 bits per heavy atom. The lowest BCUT2D eigenvalue weighted by Gasteiger charge is -2.05. The van der Waals surface area contributed by atoms with Gasteiger partial charge in [0.1, 0.15) is 5.00 Å². The number of thiophene rings is 2. The van der Waals surface area contributed by atoms with E-state index in [1.165, 1.54) is 28.7 Å². The van der Waals surface area contributed by atoms with Crippen LogP contribution in [-0.2, 0) is 4.74 Å². The summed E-state index contributed by atoms with van der Waals surface area (Å²) in [6.45, 7) is 0. The van der Waals surface area contributed by atoms with E-state index in [1.807, 2.05) is 5.32 Å². The predicted octanol–water partition coefficient (Wildman–Crippen LogP) is 3.32. The van der Waals surface area contributed by atoms with Crippen molar-refractivity contribution in [3.63, 3.8) is 0 Å². The van der Waals surface area contributed by atoms with Gasteiger partial charge in [-0.05, 0) is 39.5 Å².